The van der Waals surface area contributed by atoms with Crippen LogP contribution in [-0.4, -0.2) is 18.2 Å². The molecule has 1 atom stereocenters. The third kappa shape index (κ3) is 4.97. The second-order valence-electron chi connectivity index (χ2n) is 5.11. The molecule has 0 saturated heterocycles. The van der Waals surface area contributed by atoms with E-state index in [1.807, 2.05) is 19.1 Å². The van der Waals surface area contributed by atoms with Crippen LogP contribution < -0.4 is 4.74 Å². The van der Waals surface area contributed by atoms with Gasteiger partial charge in [0.25, 0.3) is 0 Å². The van der Waals surface area contributed by atoms with Crippen LogP contribution in [0, 0.1) is 13.1 Å². The topological polar surface area (TPSA) is 55.8 Å². The first kappa shape index (κ1) is 18.3. The number of esters is 1. The van der Waals surface area contributed by atoms with Crippen LogP contribution in [0.1, 0.15) is 12.5 Å². The van der Waals surface area contributed by atoms with E-state index in [1.165, 1.54) is 7.11 Å². The standard InChI is InChI=1S/C17H16I2O4/c1-10(17(21)22-2)7-11-8-14(18)16(15(19)9-11)23-13-5-3-12(20)4-6-13/h3-6,8-10,20H,7H2,1-2H3. The Bertz CT molecular complexity index is 675. The molecule has 0 radical (unpaired) electrons. The fourth-order valence-corrected chi connectivity index (χ4v) is 4.22. The Hall–Kier alpha value is -1.03. The number of aromatic hydroxyl groups is 1. The quantitative estimate of drug-likeness (QED) is 0.442. The van der Waals surface area contributed by atoms with Gasteiger partial charge in [-0.25, -0.2) is 0 Å². The summed E-state index contributed by atoms with van der Waals surface area (Å²) in [6, 6.07) is 10.6. The number of ether oxygens (including phenoxy) is 2. The molecule has 2 aromatic rings. The lowest BCUT2D eigenvalue weighted by molar-refractivity contribution is -0.144. The molecule has 1 N–H and O–H groups in total. The summed E-state index contributed by atoms with van der Waals surface area (Å²) in [5, 5.41) is 9.32. The number of benzene rings is 2. The van der Waals surface area contributed by atoms with Gasteiger partial charge in [0.1, 0.15) is 11.5 Å². The minimum absolute atomic E-state index is 0.185. The van der Waals surface area contributed by atoms with E-state index in [9.17, 15) is 9.90 Å². The highest BCUT2D eigenvalue weighted by Gasteiger charge is 2.16. The maximum absolute atomic E-state index is 11.6. The Balaban J connectivity index is 2.20. The van der Waals surface area contributed by atoms with Crippen molar-refractivity contribution in [2.75, 3.05) is 7.11 Å². The smallest absolute Gasteiger partial charge is 0.308 e. The van der Waals surface area contributed by atoms with E-state index < -0.39 is 0 Å². The predicted molar refractivity (Wildman–Crippen MR) is 105 cm³/mol. The van der Waals surface area contributed by atoms with E-state index in [2.05, 4.69) is 45.2 Å². The molecule has 0 aliphatic carbocycles. The minimum Gasteiger partial charge on any atom is -0.508 e. The lowest BCUT2D eigenvalue weighted by Gasteiger charge is -2.14. The van der Waals surface area contributed by atoms with Gasteiger partial charge < -0.3 is 14.6 Å². The van der Waals surface area contributed by atoms with Crippen molar-refractivity contribution in [2.24, 2.45) is 5.92 Å². The average Bonchev–Trinajstić information content (AvgIpc) is 2.51. The molecule has 0 amide bonds. The summed E-state index contributed by atoms with van der Waals surface area (Å²) in [6.07, 6.45) is 0.623. The summed E-state index contributed by atoms with van der Waals surface area (Å²) in [7, 11) is 1.40. The number of carbonyl (C=O) groups is 1. The highest BCUT2D eigenvalue weighted by Crippen LogP contribution is 2.34. The number of rotatable bonds is 5. The molecular formula is C17H16I2O4. The van der Waals surface area contributed by atoms with Gasteiger partial charge in [0.15, 0.2) is 5.75 Å². The molecule has 0 heterocycles. The number of hydrogen-bond donors (Lipinski definition) is 1. The van der Waals surface area contributed by atoms with E-state index in [0.29, 0.717) is 12.2 Å². The fraction of sp³-hybridized carbons (Fsp3) is 0.235. The number of methoxy groups -OCH3 is 1. The molecule has 1 unspecified atom stereocenters. The molecule has 122 valence electrons. The van der Waals surface area contributed by atoms with Crippen LogP contribution in [0.3, 0.4) is 0 Å². The first-order valence-corrected chi connectivity index (χ1v) is 9.09. The van der Waals surface area contributed by atoms with Gasteiger partial charge in [0.2, 0.25) is 0 Å². The van der Waals surface area contributed by atoms with Crippen LogP contribution in [-0.2, 0) is 16.0 Å². The van der Waals surface area contributed by atoms with Crippen LogP contribution in [0.5, 0.6) is 17.2 Å². The molecule has 23 heavy (non-hydrogen) atoms. The normalized spacial score (nSPS) is 11.8. The Morgan fingerprint density at radius 2 is 1.74 bits per heavy atom. The Kier molecular flexibility index (Phi) is 6.51. The number of halogens is 2. The van der Waals surface area contributed by atoms with E-state index in [0.717, 1.165) is 18.5 Å². The zero-order valence-electron chi connectivity index (χ0n) is 12.7. The number of hydrogen-bond acceptors (Lipinski definition) is 4. The summed E-state index contributed by atoms with van der Waals surface area (Å²) in [6.45, 7) is 1.85. The van der Waals surface area contributed by atoms with Crippen LogP contribution in [0.25, 0.3) is 0 Å². The van der Waals surface area contributed by atoms with Crippen molar-refractivity contribution >= 4 is 51.2 Å². The second kappa shape index (κ2) is 8.18. The SMILES string of the molecule is COC(=O)C(C)Cc1cc(I)c(Oc2ccc(O)cc2)c(I)c1. The monoisotopic (exact) mass is 538 g/mol. The zero-order chi connectivity index (χ0) is 17.0. The summed E-state index contributed by atoms with van der Waals surface area (Å²) in [4.78, 5) is 11.6. The van der Waals surface area contributed by atoms with Crippen molar-refractivity contribution in [3.63, 3.8) is 0 Å². The van der Waals surface area contributed by atoms with Crippen molar-refractivity contribution in [1.29, 1.82) is 0 Å². The summed E-state index contributed by atoms with van der Waals surface area (Å²) in [5.41, 5.74) is 1.06. The minimum atomic E-state index is -0.209. The Labute approximate surface area is 162 Å². The zero-order valence-corrected chi connectivity index (χ0v) is 17.0. The van der Waals surface area contributed by atoms with Crippen molar-refractivity contribution in [3.8, 4) is 17.2 Å². The first-order chi connectivity index (χ1) is 10.9. The molecule has 6 heteroatoms. The number of phenols is 1. The third-order valence-corrected chi connectivity index (χ3v) is 4.86. The van der Waals surface area contributed by atoms with Crippen molar-refractivity contribution in [3.05, 3.63) is 49.1 Å². The Morgan fingerprint density at radius 1 is 1.17 bits per heavy atom. The van der Waals surface area contributed by atoms with Crippen LogP contribution in [0.2, 0.25) is 0 Å². The van der Waals surface area contributed by atoms with Crippen molar-refractivity contribution in [2.45, 2.75) is 13.3 Å². The summed E-state index contributed by atoms with van der Waals surface area (Å²) < 4.78 is 12.6. The van der Waals surface area contributed by atoms with E-state index in [1.54, 1.807) is 24.3 Å². The second-order valence-corrected chi connectivity index (χ2v) is 7.44. The van der Waals surface area contributed by atoms with Gasteiger partial charge in [0.05, 0.1) is 20.2 Å². The molecule has 0 fully saturated rings. The van der Waals surface area contributed by atoms with Crippen molar-refractivity contribution < 1.29 is 19.4 Å². The molecule has 0 spiro atoms. The largest absolute Gasteiger partial charge is 0.508 e. The maximum atomic E-state index is 11.6. The number of carbonyl (C=O) groups excluding carboxylic acids is 1. The number of phenolic OH excluding ortho intramolecular Hbond substituents is 1. The van der Waals surface area contributed by atoms with E-state index >= 15 is 0 Å². The van der Waals surface area contributed by atoms with Gasteiger partial charge in [0, 0.05) is 0 Å². The molecular weight excluding hydrogens is 522 g/mol. The van der Waals surface area contributed by atoms with Crippen molar-refractivity contribution in [1.82, 2.24) is 0 Å². The van der Waals surface area contributed by atoms with Gasteiger partial charge in [-0.1, -0.05) is 6.92 Å². The van der Waals surface area contributed by atoms with E-state index in [4.69, 9.17) is 9.47 Å². The molecule has 4 nitrogen and oxygen atoms in total. The van der Waals surface area contributed by atoms with Crippen LogP contribution in [0.15, 0.2) is 36.4 Å². The first-order valence-electron chi connectivity index (χ1n) is 6.93. The molecule has 0 bridgehead atoms. The molecule has 2 rings (SSSR count). The maximum Gasteiger partial charge on any atom is 0.308 e. The summed E-state index contributed by atoms with van der Waals surface area (Å²) in [5.74, 6) is 1.24. The summed E-state index contributed by atoms with van der Waals surface area (Å²) >= 11 is 4.45. The molecule has 0 saturated carbocycles. The van der Waals surface area contributed by atoms with Gasteiger partial charge in [-0.3, -0.25) is 4.79 Å². The molecule has 2 aromatic carbocycles. The van der Waals surface area contributed by atoms with Gasteiger partial charge in [-0.2, -0.15) is 0 Å². The average molecular weight is 538 g/mol. The third-order valence-electron chi connectivity index (χ3n) is 3.26. The highest BCUT2D eigenvalue weighted by atomic mass is 127. The highest BCUT2D eigenvalue weighted by molar-refractivity contribution is 14.1. The van der Waals surface area contributed by atoms with E-state index in [-0.39, 0.29) is 17.6 Å². The lowest BCUT2D eigenvalue weighted by Crippen LogP contribution is -2.15. The van der Waals surface area contributed by atoms with Gasteiger partial charge in [-0.05, 0) is 93.6 Å². The van der Waals surface area contributed by atoms with Gasteiger partial charge in [-0.15, -0.1) is 0 Å². The molecule has 0 aliphatic heterocycles. The molecule has 0 aliphatic rings. The van der Waals surface area contributed by atoms with Crippen LogP contribution in [0.4, 0.5) is 0 Å². The fourth-order valence-electron chi connectivity index (χ4n) is 2.10. The predicted octanol–water partition coefficient (Wildman–Crippen LogP) is 4.75. The van der Waals surface area contributed by atoms with Crippen LogP contribution >= 0.6 is 45.2 Å². The molecule has 0 aromatic heterocycles. The lowest BCUT2D eigenvalue weighted by atomic mass is 10.0. The van der Waals surface area contributed by atoms with Gasteiger partial charge >= 0.3 is 5.97 Å². The Morgan fingerprint density at radius 3 is 2.26 bits per heavy atom.